The molecule has 1 aromatic heterocycles. The summed E-state index contributed by atoms with van der Waals surface area (Å²) >= 11 is 0. The number of nitrogens with one attached hydrogen (secondary N) is 1. The first kappa shape index (κ1) is 13.9. The van der Waals surface area contributed by atoms with Gasteiger partial charge in [-0.15, -0.1) is 10.2 Å². The van der Waals surface area contributed by atoms with Gasteiger partial charge in [0.1, 0.15) is 5.82 Å². The van der Waals surface area contributed by atoms with Crippen LogP contribution in [0, 0.1) is 12.7 Å². The Morgan fingerprint density at radius 1 is 1.05 bits per heavy atom. The highest BCUT2D eigenvalue weighted by molar-refractivity contribution is 6.00. The quantitative estimate of drug-likeness (QED) is 0.804. The van der Waals surface area contributed by atoms with Gasteiger partial charge in [0.05, 0.1) is 0 Å². The van der Waals surface area contributed by atoms with Crippen molar-refractivity contribution in [1.29, 1.82) is 0 Å². The van der Waals surface area contributed by atoms with Gasteiger partial charge in [0, 0.05) is 11.3 Å². The lowest BCUT2D eigenvalue weighted by Gasteiger charge is -2.01. The summed E-state index contributed by atoms with van der Waals surface area (Å²) in [6.45, 7) is 1.97. The molecule has 0 atom stereocenters. The first-order valence-corrected chi connectivity index (χ1v) is 6.59. The molecule has 1 N–H and O–H groups in total. The number of aryl methyl sites for hydroxylation is 1. The normalized spacial score (nSPS) is 10.5. The van der Waals surface area contributed by atoms with E-state index in [-0.39, 0.29) is 17.6 Å². The minimum absolute atomic E-state index is 0.153. The summed E-state index contributed by atoms with van der Waals surface area (Å²) in [5, 5.41) is 10.1. The van der Waals surface area contributed by atoms with Crippen molar-refractivity contribution < 1.29 is 13.6 Å². The van der Waals surface area contributed by atoms with Gasteiger partial charge in [0.25, 0.3) is 0 Å². The van der Waals surface area contributed by atoms with Crippen molar-refractivity contribution in [2.75, 3.05) is 5.32 Å². The second-order valence-electron chi connectivity index (χ2n) is 4.74. The molecule has 0 saturated heterocycles. The Morgan fingerprint density at radius 2 is 1.73 bits per heavy atom. The van der Waals surface area contributed by atoms with Crippen molar-refractivity contribution in [2.45, 2.75) is 6.92 Å². The topological polar surface area (TPSA) is 68.0 Å². The van der Waals surface area contributed by atoms with Crippen LogP contribution in [0.3, 0.4) is 0 Å². The molecule has 0 aliphatic rings. The smallest absolute Gasteiger partial charge is 0.313 e. The molecular formula is C16H12FN3O2. The predicted octanol–water partition coefficient (Wildman–Crippen LogP) is 3.44. The lowest BCUT2D eigenvalue weighted by atomic mass is 10.1. The third-order valence-electron chi connectivity index (χ3n) is 3.02. The van der Waals surface area contributed by atoms with Crippen LogP contribution >= 0.6 is 0 Å². The summed E-state index contributed by atoms with van der Waals surface area (Å²) in [6.07, 6.45) is 0. The number of carbonyl (C=O) groups is 1. The highest BCUT2D eigenvalue weighted by Crippen LogP contribution is 2.19. The van der Waals surface area contributed by atoms with Crippen LogP contribution in [0.2, 0.25) is 0 Å². The summed E-state index contributed by atoms with van der Waals surface area (Å²) in [5.41, 5.74) is 2.29. The number of hydrogen-bond acceptors (Lipinski definition) is 4. The van der Waals surface area contributed by atoms with E-state index in [9.17, 15) is 9.18 Å². The fourth-order valence-electron chi connectivity index (χ4n) is 1.85. The minimum Gasteiger partial charge on any atom is -0.412 e. The van der Waals surface area contributed by atoms with Crippen LogP contribution in [0.5, 0.6) is 0 Å². The van der Waals surface area contributed by atoms with Gasteiger partial charge in [-0.3, -0.25) is 4.79 Å². The highest BCUT2D eigenvalue weighted by atomic mass is 19.1. The number of nitrogens with zero attached hydrogens (tertiary/aromatic N) is 2. The van der Waals surface area contributed by atoms with Gasteiger partial charge in [-0.25, -0.2) is 4.39 Å². The summed E-state index contributed by atoms with van der Waals surface area (Å²) < 4.78 is 18.2. The van der Waals surface area contributed by atoms with E-state index in [0.717, 1.165) is 11.1 Å². The fraction of sp³-hybridized carbons (Fsp3) is 0.0625. The zero-order valence-corrected chi connectivity index (χ0v) is 11.7. The molecule has 3 aromatic rings. The number of halogens is 1. The van der Waals surface area contributed by atoms with Crippen molar-refractivity contribution >= 4 is 11.6 Å². The van der Waals surface area contributed by atoms with Gasteiger partial charge in [-0.05, 0) is 43.3 Å². The Balaban J connectivity index is 1.76. The van der Waals surface area contributed by atoms with E-state index < -0.39 is 5.91 Å². The van der Waals surface area contributed by atoms with Crippen molar-refractivity contribution in [2.24, 2.45) is 0 Å². The molecule has 0 saturated carbocycles. The van der Waals surface area contributed by atoms with E-state index in [0.29, 0.717) is 5.69 Å². The Bertz CT molecular complexity index is 795. The van der Waals surface area contributed by atoms with E-state index in [1.54, 1.807) is 0 Å². The number of rotatable bonds is 3. The van der Waals surface area contributed by atoms with E-state index in [2.05, 4.69) is 15.5 Å². The third-order valence-corrected chi connectivity index (χ3v) is 3.02. The second-order valence-corrected chi connectivity index (χ2v) is 4.74. The Labute approximate surface area is 125 Å². The van der Waals surface area contributed by atoms with Gasteiger partial charge < -0.3 is 9.73 Å². The van der Waals surface area contributed by atoms with Crippen LogP contribution in [-0.2, 0) is 0 Å². The molecule has 0 unspecified atom stereocenters. The first-order valence-electron chi connectivity index (χ1n) is 6.59. The molecule has 0 spiro atoms. The van der Waals surface area contributed by atoms with Crippen LogP contribution in [0.25, 0.3) is 11.5 Å². The number of aromatic nitrogens is 2. The summed E-state index contributed by atoms with van der Waals surface area (Å²) in [6, 6.07) is 12.9. The number of carbonyl (C=O) groups excluding carboxylic acids is 1. The molecule has 5 nitrogen and oxygen atoms in total. The van der Waals surface area contributed by atoms with E-state index >= 15 is 0 Å². The number of amides is 1. The van der Waals surface area contributed by atoms with Gasteiger partial charge in [-0.2, -0.15) is 0 Å². The van der Waals surface area contributed by atoms with Gasteiger partial charge in [0.15, 0.2) is 0 Å². The molecule has 0 aliphatic heterocycles. The van der Waals surface area contributed by atoms with Crippen molar-refractivity contribution in [3.05, 3.63) is 65.8 Å². The van der Waals surface area contributed by atoms with Gasteiger partial charge in [-0.1, -0.05) is 17.7 Å². The minimum atomic E-state index is -0.544. The average Bonchev–Trinajstić information content (AvgIpc) is 3.00. The molecule has 0 aliphatic carbocycles. The lowest BCUT2D eigenvalue weighted by Crippen LogP contribution is -2.12. The molecule has 6 heteroatoms. The monoisotopic (exact) mass is 297 g/mol. The maximum absolute atomic E-state index is 12.8. The average molecular weight is 297 g/mol. The molecule has 3 rings (SSSR count). The van der Waals surface area contributed by atoms with E-state index in [1.807, 2.05) is 31.2 Å². The molecule has 0 bridgehead atoms. The molecule has 1 amide bonds. The van der Waals surface area contributed by atoms with Crippen molar-refractivity contribution in [3.63, 3.8) is 0 Å². The van der Waals surface area contributed by atoms with E-state index in [4.69, 9.17) is 4.42 Å². The number of benzene rings is 2. The molecule has 110 valence electrons. The molecule has 22 heavy (non-hydrogen) atoms. The Kier molecular flexibility index (Phi) is 3.65. The highest BCUT2D eigenvalue weighted by Gasteiger charge is 2.16. The summed E-state index contributed by atoms with van der Waals surface area (Å²) in [4.78, 5) is 12.0. The predicted molar refractivity (Wildman–Crippen MR) is 78.8 cm³/mol. The van der Waals surface area contributed by atoms with Gasteiger partial charge in [0.2, 0.25) is 5.89 Å². The summed E-state index contributed by atoms with van der Waals surface area (Å²) in [7, 11) is 0. The fourth-order valence-corrected chi connectivity index (χ4v) is 1.85. The summed E-state index contributed by atoms with van der Waals surface area (Å²) in [5.74, 6) is -0.806. The zero-order chi connectivity index (χ0) is 15.5. The van der Waals surface area contributed by atoms with Crippen LogP contribution in [0.4, 0.5) is 10.1 Å². The molecular weight excluding hydrogens is 285 g/mol. The third kappa shape index (κ3) is 3.01. The van der Waals surface area contributed by atoms with Crippen molar-refractivity contribution in [1.82, 2.24) is 10.2 Å². The van der Waals surface area contributed by atoms with Crippen LogP contribution < -0.4 is 5.32 Å². The standard InChI is InChI=1S/C16H12FN3O2/c1-10-2-4-11(5-3-10)15-19-20-16(22-15)14(21)18-13-8-6-12(17)7-9-13/h2-9H,1H3,(H,18,21). The van der Waals surface area contributed by atoms with Crippen LogP contribution in [0.1, 0.15) is 16.2 Å². The van der Waals surface area contributed by atoms with E-state index in [1.165, 1.54) is 24.3 Å². The van der Waals surface area contributed by atoms with Crippen LogP contribution in [-0.4, -0.2) is 16.1 Å². The Hall–Kier alpha value is -3.02. The largest absolute Gasteiger partial charge is 0.412 e. The number of anilines is 1. The molecule has 0 fully saturated rings. The molecule has 1 heterocycles. The second kappa shape index (κ2) is 5.77. The number of hydrogen-bond donors (Lipinski definition) is 1. The maximum Gasteiger partial charge on any atom is 0.313 e. The van der Waals surface area contributed by atoms with Gasteiger partial charge >= 0.3 is 11.8 Å². The first-order chi connectivity index (χ1) is 10.6. The maximum atomic E-state index is 12.8. The molecule has 0 radical (unpaired) electrons. The lowest BCUT2D eigenvalue weighted by molar-refractivity contribution is 0.0991. The Morgan fingerprint density at radius 3 is 2.41 bits per heavy atom. The van der Waals surface area contributed by atoms with Crippen LogP contribution in [0.15, 0.2) is 52.9 Å². The SMILES string of the molecule is Cc1ccc(-c2nnc(C(=O)Nc3ccc(F)cc3)o2)cc1. The zero-order valence-electron chi connectivity index (χ0n) is 11.7. The molecule has 2 aromatic carbocycles. The van der Waals surface area contributed by atoms with Crippen molar-refractivity contribution in [3.8, 4) is 11.5 Å².